The van der Waals surface area contributed by atoms with Crippen LogP contribution in [0.5, 0.6) is 0 Å². The van der Waals surface area contributed by atoms with Gasteiger partial charge >= 0.3 is 11.9 Å². The Morgan fingerprint density at radius 2 is 2.06 bits per heavy atom. The summed E-state index contributed by atoms with van der Waals surface area (Å²) in [4.78, 5) is 22.7. The van der Waals surface area contributed by atoms with Gasteiger partial charge in [0, 0.05) is 5.56 Å². The predicted molar refractivity (Wildman–Crippen MR) is 51.8 cm³/mol. The van der Waals surface area contributed by atoms with Gasteiger partial charge in [-0.05, 0) is 6.07 Å². The zero-order valence-electron chi connectivity index (χ0n) is 8.32. The monoisotopic (exact) mass is 222 g/mol. The van der Waals surface area contributed by atoms with E-state index in [-0.39, 0.29) is 16.7 Å². The molecule has 82 valence electrons. The average Bonchev–Trinajstić information content (AvgIpc) is 2.23. The molecule has 0 saturated carbocycles. The van der Waals surface area contributed by atoms with E-state index in [1.54, 1.807) is 0 Å². The minimum absolute atomic E-state index is 0.0246. The van der Waals surface area contributed by atoms with E-state index in [9.17, 15) is 14.0 Å². The van der Waals surface area contributed by atoms with Crippen LogP contribution in [0.15, 0.2) is 24.5 Å². The van der Waals surface area contributed by atoms with Crippen LogP contribution >= 0.6 is 0 Å². The second kappa shape index (κ2) is 3.77. The number of halogens is 1. The lowest BCUT2D eigenvalue weighted by molar-refractivity contribution is -0.131. The lowest BCUT2D eigenvalue weighted by Crippen LogP contribution is -2.23. The molecule has 5 heteroatoms. The number of benzene rings is 1. The number of carbonyl (C=O) groups is 2. The molecule has 1 aliphatic rings. The molecule has 0 fully saturated rings. The van der Waals surface area contributed by atoms with E-state index in [0.717, 1.165) is 12.3 Å². The molecule has 0 atom stereocenters. The van der Waals surface area contributed by atoms with Gasteiger partial charge in [-0.1, -0.05) is 12.1 Å². The molecule has 4 nitrogen and oxygen atoms in total. The first kappa shape index (κ1) is 10.4. The van der Waals surface area contributed by atoms with Crippen molar-refractivity contribution in [1.29, 1.82) is 0 Å². The third-order valence-corrected chi connectivity index (χ3v) is 2.15. The number of methoxy groups -OCH3 is 1. The number of esters is 2. The van der Waals surface area contributed by atoms with Gasteiger partial charge in [-0.2, -0.15) is 0 Å². The van der Waals surface area contributed by atoms with Gasteiger partial charge in [-0.25, -0.2) is 14.0 Å². The SMILES string of the molecule is COC=C1C(=O)OC(=O)c2c(F)cccc21. The highest BCUT2D eigenvalue weighted by Gasteiger charge is 2.32. The molecule has 0 spiro atoms. The maximum absolute atomic E-state index is 13.4. The maximum Gasteiger partial charge on any atom is 0.349 e. The Balaban J connectivity index is 2.69. The molecule has 0 aliphatic carbocycles. The van der Waals surface area contributed by atoms with Crippen LogP contribution in [0.3, 0.4) is 0 Å². The smallest absolute Gasteiger partial charge is 0.349 e. The summed E-state index contributed by atoms with van der Waals surface area (Å²) < 4.78 is 22.5. The summed E-state index contributed by atoms with van der Waals surface area (Å²) in [5.74, 6) is -2.55. The van der Waals surface area contributed by atoms with Crippen LogP contribution in [-0.4, -0.2) is 19.0 Å². The molecular weight excluding hydrogens is 215 g/mol. The van der Waals surface area contributed by atoms with Crippen molar-refractivity contribution in [3.8, 4) is 0 Å². The van der Waals surface area contributed by atoms with Gasteiger partial charge < -0.3 is 9.47 Å². The first-order valence-electron chi connectivity index (χ1n) is 4.43. The molecule has 0 aromatic heterocycles. The number of hydrogen-bond donors (Lipinski definition) is 0. The van der Waals surface area contributed by atoms with Crippen molar-refractivity contribution in [2.45, 2.75) is 0 Å². The first-order chi connectivity index (χ1) is 7.65. The Hall–Kier alpha value is -2.17. The van der Waals surface area contributed by atoms with Gasteiger partial charge in [0.05, 0.1) is 13.4 Å². The van der Waals surface area contributed by atoms with Crippen LogP contribution in [-0.2, 0) is 14.3 Å². The lowest BCUT2D eigenvalue weighted by Gasteiger charge is -2.16. The van der Waals surface area contributed by atoms with Gasteiger partial charge in [-0.3, -0.25) is 0 Å². The minimum Gasteiger partial charge on any atom is -0.503 e. The molecule has 1 heterocycles. The number of fused-ring (bicyclic) bond motifs is 1. The summed E-state index contributed by atoms with van der Waals surface area (Å²) in [5.41, 5.74) is -0.0369. The Labute approximate surface area is 90.3 Å². The molecule has 0 unspecified atom stereocenters. The van der Waals surface area contributed by atoms with Crippen LogP contribution in [0.1, 0.15) is 15.9 Å². The fraction of sp³-hybridized carbons (Fsp3) is 0.0909. The summed E-state index contributed by atoms with van der Waals surface area (Å²) in [6.45, 7) is 0. The summed E-state index contributed by atoms with van der Waals surface area (Å²) in [6.07, 6.45) is 1.12. The fourth-order valence-corrected chi connectivity index (χ4v) is 1.49. The highest BCUT2D eigenvalue weighted by Crippen LogP contribution is 2.28. The second-order valence-corrected chi connectivity index (χ2v) is 3.11. The average molecular weight is 222 g/mol. The highest BCUT2D eigenvalue weighted by atomic mass is 19.1. The van der Waals surface area contributed by atoms with Gasteiger partial charge in [0.2, 0.25) is 0 Å². The van der Waals surface area contributed by atoms with Crippen molar-refractivity contribution in [2.75, 3.05) is 7.11 Å². The van der Waals surface area contributed by atoms with Gasteiger partial charge in [0.25, 0.3) is 0 Å². The largest absolute Gasteiger partial charge is 0.503 e. The van der Waals surface area contributed by atoms with E-state index < -0.39 is 17.8 Å². The van der Waals surface area contributed by atoms with E-state index >= 15 is 0 Å². The van der Waals surface area contributed by atoms with Crippen molar-refractivity contribution in [3.05, 3.63) is 41.4 Å². The number of carbonyl (C=O) groups excluding carboxylic acids is 2. The summed E-state index contributed by atoms with van der Waals surface area (Å²) in [6, 6.07) is 3.99. The first-order valence-corrected chi connectivity index (χ1v) is 4.43. The lowest BCUT2D eigenvalue weighted by atomic mass is 9.98. The quantitative estimate of drug-likeness (QED) is 0.313. The van der Waals surface area contributed by atoms with Crippen LogP contribution < -0.4 is 0 Å². The Bertz CT molecular complexity index is 505. The fourth-order valence-electron chi connectivity index (χ4n) is 1.49. The molecule has 0 bridgehead atoms. The van der Waals surface area contributed by atoms with Gasteiger partial charge in [0.15, 0.2) is 0 Å². The van der Waals surface area contributed by atoms with Crippen molar-refractivity contribution in [3.63, 3.8) is 0 Å². The third-order valence-electron chi connectivity index (χ3n) is 2.15. The van der Waals surface area contributed by atoms with Crippen LogP contribution in [0, 0.1) is 5.82 Å². The van der Waals surface area contributed by atoms with Crippen LogP contribution in [0.25, 0.3) is 5.57 Å². The molecule has 0 saturated heterocycles. The van der Waals surface area contributed by atoms with E-state index in [1.807, 2.05) is 0 Å². The predicted octanol–water partition coefficient (Wildman–Crippen LogP) is 1.51. The van der Waals surface area contributed by atoms with Crippen molar-refractivity contribution in [2.24, 2.45) is 0 Å². The number of ether oxygens (including phenoxy) is 2. The molecule has 1 aliphatic heterocycles. The molecule has 0 amide bonds. The topological polar surface area (TPSA) is 52.6 Å². The van der Waals surface area contributed by atoms with Crippen molar-refractivity contribution < 1.29 is 23.5 Å². The van der Waals surface area contributed by atoms with Crippen molar-refractivity contribution >= 4 is 17.5 Å². The maximum atomic E-state index is 13.4. The molecular formula is C11H7FO4. The van der Waals surface area contributed by atoms with E-state index in [1.165, 1.54) is 19.2 Å². The minimum atomic E-state index is -0.980. The number of rotatable bonds is 1. The molecule has 0 radical (unpaired) electrons. The standard InChI is InChI=1S/C11H7FO4/c1-15-5-7-6-3-2-4-8(12)9(6)11(14)16-10(7)13/h2-5H,1H3. The Kier molecular flexibility index (Phi) is 2.44. The zero-order valence-corrected chi connectivity index (χ0v) is 8.32. The van der Waals surface area contributed by atoms with Crippen molar-refractivity contribution in [1.82, 2.24) is 0 Å². The summed E-state index contributed by atoms with van der Waals surface area (Å²) in [5, 5.41) is 0. The number of hydrogen-bond acceptors (Lipinski definition) is 4. The third kappa shape index (κ3) is 1.46. The second-order valence-electron chi connectivity index (χ2n) is 3.11. The summed E-state index contributed by atoms with van der Waals surface area (Å²) in [7, 11) is 1.34. The normalized spacial score (nSPS) is 17.0. The van der Waals surface area contributed by atoms with E-state index in [4.69, 9.17) is 0 Å². The van der Waals surface area contributed by atoms with E-state index in [2.05, 4.69) is 9.47 Å². The Morgan fingerprint density at radius 1 is 1.31 bits per heavy atom. The summed E-state index contributed by atoms with van der Waals surface area (Å²) >= 11 is 0. The van der Waals surface area contributed by atoms with Crippen LogP contribution in [0.2, 0.25) is 0 Å². The van der Waals surface area contributed by atoms with Crippen LogP contribution in [0.4, 0.5) is 4.39 Å². The molecule has 1 aromatic carbocycles. The zero-order chi connectivity index (χ0) is 11.7. The van der Waals surface area contributed by atoms with Gasteiger partial charge in [-0.15, -0.1) is 0 Å². The molecule has 16 heavy (non-hydrogen) atoms. The molecule has 1 aromatic rings. The van der Waals surface area contributed by atoms with Gasteiger partial charge in [0.1, 0.15) is 17.0 Å². The Morgan fingerprint density at radius 3 is 2.75 bits per heavy atom. The molecule has 2 rings (SSSR count). The van der Waals surface area contributed by atoms with E-state index in [0.29, 0.717) is 0 Å². The number of cyclic esters (lactones) is 2. The molecule has 0 N–H and O–H groups in total. The highest BCUT2D eigenvalue weighted by molar-refractivity contribution is 6.25.